The number of likely N-dealkylation sites (tertiary alicyclic amines) is 1. The number of furan rings is 1. The third kappa shape index (κ3) is 3.10. The predicted octanol–water partition coefficient (Wildman–Crippen LogP) is 1.96. The molecular formula is C16H23N3O3. The Kier molecular flexibility index (Phi) is 3.85. The van der Waals surface area contributed by atoms with E-state index in [1.54, 1.807) is 0 Å². The number of aryl methyl sites for hydroxylation is 1. The van der Waals surface area contributed by atoms with Gasteiger partial charge in [-0.15, -0.1) is 0 Å². The van der Waals surface area contributed by atoms with Crippen LogP contribution >= 0.6 is 0 Å². The molecule has 4 atom stereocenters. The second-order valence-electron chi connectivity index (χ2n) is 6.52. The van der Waals surface area contributed by atoms with E-state index in [-0.39, 0.29) is 24.0 Å². The topological polar surface area (TPSA) is 74.6 Å². The summed E-state index contributed by atoms with van der Waals surface area (Å²) in [5, 5.41) is 5.74. The minimum Gasteiger partial charge on any atom is -0.464 e. The van der Waals surface area contributed by atoms with Gasteiger partial charge in [-0.25, -0.2) is 4.79 Å². The van der Waals surface area contributed by atoms with Gasteiger partial charge in [-0.3, -0.25) is 4.79 Å². The molecule has 1 saturated carbocycles. The average Bonchev–Trinajstić information content (AvgIpc) is 2.82. The molecule has 1 aromatic heterocycles. The van der Waals surface area contributed by atoms with Gasteiger partial charge in [-0.1, -0.05) is 6.92 Å². The van der Waals surface area contributed by atoms with Crippen molar-refractivity contribution < 1.29 is 14.0 Å². The van der Waals surface area contributed by atoms with E-state index >= 15 is 0 Å². The quantitative estimate of drug-likeness (QED) is 0.893. The molecule has 3 amide bonds. The molecule has 0 aromatic carbocycles. The summed E-state index contributed by atoms with van der Waals surface area (Å²) in [6.45, 7) is 6.51. The van der Waals surface area contributed by atoms with E-state index in [9.17, 15) is 9.59 Å². The van der Waals surface area contributed by atoms with Crippen LogP contribution < -0.4 is 10.6 Å². The summed E-state index contributed by atoms with van der Waals surface area (Å²) in [6, 6.07) is 3.54. The number of nitrogens with zero attached hydrogens (tertiary/aromatic N) is 1. The number of carbonyl (C=O) groups is 2. The second-order valence-corrected chi connectivity index (χ2v) is 6.52. The molecule has 1 aromatic rings. The van der Waals surface area contributed by atoms with E-state index < -0.39 is 0 Å². The Hall–Kier alpha value is -1.98. The van der Waals surface area contributed by atoms with E-state index in [0.717, 1.165) is 17.9 Å². The van der Waals surface area contributed by atoms with Crippen LogP contribution in [0.1, 0.15) is 44.3 Å². The fourth-order valence-corrected chi connectivity index (χ4v) is 3.07. The molecule has 6 heteroatoms. The first-order chi connectivity index (χ1) is 10.4. The van der Waals surface area contributed by atoms with Crippen LogP contribution in [0.5, 0.6) is 0 Å². The molecule has 2 heterocycles. The van der Waals surface area contributed by atoms with Crippen molar-refractivity contribution in [3.8, 4) is 0 Å². The monoisotopic (exact) mass is 305 g/mol. The molecule has 3 rings (SSSR count). The Labute approximate surface area is 130 Å². The van der Waals surface area contributed by atoms with Crippen molar-refractivity contribution in [2.45, 2.75) is 51.7 Å². The normalized spacial score (nSPS) is 28.6. The van der Waals surface area contributed by atoms with Crippen molar-refractivity contribution in [1.29, 1.82) is 0 Å². The Morgan fingerprint density at radius 1 is 1.45 bits per heavy atom. The van der Waals surface area contributed by atoms with E-state index in [2.05, 4.69) is 17.6 Å². The minimum absolute atomic E-state index is 0.106. The lowest BCUT2D eigenvalue weighted by atomic mass is 10.2. The largest absolute Gasteiger partial charge is 0.464 e. The van der Waals surface area contributed by atoms with Crippen molar-refractivity contribution >= 4 is 11.9 Å². The number of urea groups is 1. The number of amides is 3. The van der Waals surface area contributed by atoms with Crippen LogP contribution in [-0.2, 0) is 4.79 Å². The van der Waals surface area contributed by atoms with Crippen molar-refractivity contribution in [2.75, 3.05) is 6.54 Å². The first-order valence-corrected chi connectivity index (χ1v) is 7.87. The van der Waals surface area contributed by atoms with E-state index in [1.165, 1.54) is 0 Å². The van der Waals surface area contributed by atoms with Crippen LogP contribution in [0.25, 0.3) is 0 Å². The lowest BCUT2D eigenvalue weighted by molar-refractivity contribution is -0.128. The maximum Gasteiger partial charge on any atom is 0.315 e. The highest BCUT2D eigenvalue weighted by molar-refractivity contribution is 5.82. The van der Waals surface area contributed by atoms with Gasteiger partial charge in [-0.2, -0.15) is 0 Å². The van der Waals surface area contributed by atoms with E-state index in [0.29, 0.717) is 24.9 Å². The maximum absolute atomic E-state index is 12.1. The number of rotatable bonds is 4. The zero-order valence-corrected chi connectivity index (χ0v) is 13.3. The summed E-state index contributed by atoms with van der Waals surface area (Å²) in [6.07, 6.45) is 1.48. The second kappa shape index (κ2) is 5.66. The molecule has 6 nitrogen and oxygen atoms in total. The number of hydrogen-bond acceptors (Lipinski definition) is 3. The standard InChI is InChI=1S/C16H23N3O3/c1-9-6-13(9)19-8-12(7-15(19)20)18-16(21)17-11(3)14-5-4-10(2)22-14/h4-5,9,11-13H,6-8H2,1-3H3,(H2,17,18,21)/t9-,11+,12-,13-/m1/s1. The fraction of sp³-hybridized carbons (Fsp3) is 0.625. The molecule has 1 aliphatic heterocycles. The Morgan fingerprint density at radius 3 is 2.77 bits per heavy atom. The summed E-state index contributed by atoms with van der Waals surface area (Å²) >= 11 is 0. The molecule has 0 unspecified atom stereocenters. The molecule has 2 fully saturated rings. The van der Waals surface area contributed by atoms with Gasteiger partial charge in [0, 0.05) is 19.0 Å². The van der Waals surface area contributed by atoms with Gasteiger partial charge >= 0.3 is 6.03 Å². The smallest absolute Gasteiger partial charge is 0.315 e. The predicted molar refractivity (Wildman–Crippen MR) is 81.2 cm³/mol. The third-order valence-corrected chi connectivity index (χ3v) is 4.50. The van der Waals surface area contributed by atoms with Crippen molar-refractivity contribution in [3.05, 3.63) is 23.7 Å². The minimum atomic E-state index is -0.259. The summed E-state index contributed by atoms with van der Waals surface area (Å²) in [4.78, 5) is 25.9. The molecule has 0 radical (unpaired) electrons. The molecule has 2 aliphatic rings. The zero-order valence-electron chi connectivity index (χ0n) is 13.3. The Morgan fingerprint density at radius 2 is 2.18 bits per heavy atom. The van der Waals surface area contributed by atoms with Gasteiger partial charge in [0.2, 0.25) is 5.91 Å². The zero-order chi connectivity index (χ0) is 15.9. The Balaban J connectivity index is 1.49. The first-order valence-electron chi connectivity index (χ1n) is 7.87. The molecule has 0 spiro atoms. The van der Waals surface area contributed by atoms with Crippen LogP contribution in [0.3, 0.4) is 0 Å². The van der Waals surface area contributed by atoms with Gasteiger partial charge in [-0.05, 0) is 38.3 Å². The van der Waals surface area contributed by atoms with Gasteiger partial charge in [0.25, 0.3) is 0 Å². The average molecular weight is 305 g/mol. The van der Waals surface area contributed by atoms with Crippen LogP contribution in [-0.4, -0.2) is 35.5 Å². The molecular weight excluding hydrogens is 282 g/mol. The van der Waals surface area contributed by atoms with Gasteiger partial charge in [0.1, 0.15) is 11.5 Å². The highest BCUT2D eigenvalue weighted by Gasteiger charge is 2.44. The summed E-state index contributed by atoms with van der Waals surface area (Å²) in [5.41, 5.74) is 0. The summed E-state index contributed by atoms with van der Waals surface area (Å²) < 4.78 is 5.50. The molecule has 1 aliphatic carbocycles. The highest BCUT2D eigenvalue weighted by atomic mass is 16.3. The molecule has 22 heavy (non-hydrogen) atoms. The van der Waals surface area contributed by atoms with Crippen molar-refractivity contribution in [3.63, 3.8) is 0 Å². The number of carbonyl (C=O) groups excluding carboxylic acids is 2. The SMILES string of the molecule is Cc1ccc([C@H](C)NC(=O)N[C@@H]2CC(=O)N([C@@H]3C[C@H]3C)C2)o1. The molecule has 120 valence electrons. The summed E-state index contributed by atoms with van der Waals surface area (Å²) in [7, 11) is 0. The Bertz CT molecular complexity index is 583. The summed E-state index contributed by atoms with van der Waals surface area (Å²) in [5.74, 6) is 2.29. The molecule has 1 saturated heterocycles. The van der Waals surface area contributed by atoms with Gasteiger partial charge < -0.3 is 20.0 Å². The van der Waals surface area contributed by atoms with Crippen molar-refractivity contribution in [1.82, 2.24) is 15.5 Å². The van der Waals surface area contributed by atoms with Crippen LogP contribution in [0, 0.1) is 12.8 Å². The van der Waals surface area contributed by atoms with Crippen LogP contribution in [0.4, 0.5) is 4.79 Å². The van der Waals surface area contributed by atoms with E-state index in [4.69, 9.17) is 4.42 Å². The van der Waals surface area contributed by atoms with Crippen molar-refractivity contribution in [2.24, 2.45) is 5.92 Å². The maximum atomic E-state index is 12.1. The number of nitrogens with one attached hydrogen (secondary N) is 2. The van der Waals surface area contributed by atoms with Gasteiger partial charge in [0.05, 0.1) is 12.1 Å². The van der Waals surface area contributed by atoms with Crippen LogP contribution in [0.2, 0.25) is 0 Å². The highest BCUT2D eigenvalue weighted by Crippen LogP contribution is 2.37. The first kappa shape index (κ1) is 14.9. The lowest BCUT2D eigenvalue weighted by Gasteiger charge is -2.18. The van der Waals surface area contributed by atoms with Crippen LogP contribution in [0.15, 0.2) is 16.5 Å². The molecule has 2 N–H and O–H groups in total. The number of hydrogen-bond donors (Lipinski definition) is 2. The van der Waals surface area contributed by atoms with E-state index in [1.807, 2.05) is 30.9 Å². The third-order valence-electron chi connectivity index (χ3n) is 4.50. The van der Waals surface area contributed by atoms with Gasteiger partial charge in [0.15, 0.2) is 0 Å². The lowest BCUT2D eigenvalue weighted by Crippen LogP contribution is -2.44. The molecule has 0 bridgehead atoms. The fourth-order valence-electron chi connectivity index (χ4n) is 3.07.